The topological polar surface area (TPSA) is 29.5 Å². The Labute approximate surface area is 108 Å². The van der Waals surface area contributed by atoms with Crippen LogP contribution in [0.25, 0.3) is 0 Å². The molecule has 0 saturated carbocycles. The Morgan fingerprint density at radius 3 is 3.22 bits per heavy atom. The van der Waals surface area contributed by atoms with Gasteiger partial charge in [0.2, 0.25) is 0 Å². The third-order valence-electron chi connectivity index (χ3n) is 4.20. The van der Waals surface area contributed by atoms with Crippen LogP contribution < -0.4 is 4.74 Å². The molecule has 0 unspecified atom stereocenters. The van der Waals surface area contributed by atoms with Gasteiger partial charge in [-0.25, -0.2) is 0 Å². The first-order valence-corrected chi connectivity index (χ1v) is 6.71. The molecular formula is C15H19NO2. The number of ether oxygens (including phenoxy) is 1. The highest BCUT2D eigenvalue weighted by Gasteiger charge is 2.30. The van der Waals surface area contributed by atoms with Crippen LogP contribution in [0.2, 0.25) is 0 Å². The summed E-state index contributed by atoms with van der Waals surface area (Å²) in [5.41, 5.74) is 2.74. The Balaban J connectivity index is 1.78. The van der Waals surface area contributed by atoms with E-state index >= 15 is 0 Å². The van der Waals surface area contributed by atoms with Gasteiger partial charge >= 0.3 is 0 Å². The molecule has 3 rings (SSSR count). The van der Waals surface area contributed by atoms with Crippen LogP contribution in [0.15, 0.2) is 18.2 Å². The predicted molar refractivity (Wildman–Crippen MR) is 70.1 cm³/mol. The van der Waals surface area contributed by atoms with Gasteiger partial charge in [-0.1, -0.05) is 12.1 Å². The summed E-state index contributed by atoms with van der Waals surface area (Å²) in [6, 6.07) is 7.09. The maximum Gasteiger partial charge on any atom is 0.133 e. The summed E-state index contributed by atoms with van der Waals surface area (Å²) in [5, 5.41) is 0. The van der Waals surface area contributed by atoms with Crippen molar-refractivity contribution in [3.05, 3.63) is 29.3 Å². The Morgan fingerprint density at radius 1 is 1.50 bits per heavy atom. The van der Waals surface area contributed by atoms with E-state index in [4.69, 9.17) is 4.74 Å². The van der Waals surface area contributed by atoms with Crippen molar-refractivity contribution in [2.24, 2.45) is 0 Å². The zero-order chi connectivity index (χ0) is 12.5. The average molecular weight is 245 g/mol. The zero-order valence-corrected chi connectivity index (χ0v) is 10.8. The van der Waals surface area contributed by atoms with E-state index < -0.39 is 0 Å². The maximum absolute atomic E-state index is 10.6. The van der Waals surface area contributed by atoms with E-state index in [2.05, 4.69) is 30.0 Å². The lowest BCUT2D eigenvalue weighted by atomic mass is 9.94. The molecule has 0 bridgehead atoms. The van der Waals surface area contributed by atoms with Crippen LogP contribution in [-0.4, -0.2) is 36.9 Å². The van der Waals surface area contributed by atoms with Crippen molar-refractivity contribution >= 4 is 6.29 Å². The molecule has 3 nitrogen and oxygen atoms in total. The number of hydrogen-bond acceptors (Lipinski definition) is 3. The van der Waals surface area contributed by atoms with Crippen molar-refractivity contribution in [3.8, 4) is 5.75 Å². The highest BCUT2D eigenvalue weighted by Crippen LogP contribution is 2.34. The molecule has 18 heavy (non-hydrogen) atoms. The van der Waals surface area contributed by atoms with Gasteiger partial charge in [0.1, 0.15) is 12.0 Å². The number of rotatable bonds is 3. The lowest BCUT2D eigenvalue weighted by Crippen LogP contribution is -2.28. The fraction of sp³-hybridized carbons (Fsp3) is 0.533. The number of carbonyl (C=O) groups is 1. The number of likely N-dealkylation sites (tertiary alicyclic amines) is 1. The highest BCUT2D eigenvalue weighted by atomic mass is 16.5. The molecule has 0 aromatic heterocycles. The molecule has 3 heteroatoms. The van der Waals surface area contributed by atoms with Crippen LogP contribution >= 0.6 is 0 Å². The molecule has 0 aliphatic carbocycles. The van der Waals surface area contributed by atoms with Gasteiger partial charge in [0, 0.05) is 19.0 Å². The smallest absolute Gasteiger partial charge is 0.133 e. The largest absolute Gasteiger partial charge is 0.493 e. The molecule has 2 heterocycles. The lowest BCUT2D eigenvalue weighted by Gasteiger charge is -2.17. The number of nitrogens with zero attached hydrogens (tertiary/aromatic N) is 1. The number of aldehydes is 1. The molecule has 0 radical (unpaired) electrons. The van der Waals surface area contributed by atoms with Crippen molar-refractivity contribution in [1.29, 1.82) is 0 Å². The molecule has 1 aromatic rings. The molecular weight excluding hydrogens is 226 g/mol. The Hall–Kier alpha value is -1.35. The quantitative estimate of drug-likeness (QED) is 0.763. The first kappa shape index (κ1) is 11.7. The van der Waals surface area contributed by atoms with Crippen molar-refractivity contribution in [3.63, 3.8) is 0 Å². The molecule has 0 spiro atoms. The fourth-order valence-electron chi connectivity index (χ4n) is 3.15. The van der Waals surface area contributed by atoms with Gasteiger partial charge in [-0.2, -0.15) is 0 Å². The van der Waals surface area contributed by atoms with E-state index in [0.29, 0.717) is 18.5 Å². The highest BCUT2D eigenvalue weighted by molar-refractivity contribution is 5.52. The summed E-state index contributed by atoms with van der Waals surface area (Å²) in [6.45, 7) is 4.59. The van der Waals surface area contributed by atoms with Gasteiger partial charge in [0.15, 0.2) is 0 Å². The molecule has 1 aromatic carbocycles. The first-order valence-electron chi connectivity index (χ1n) is 6.71. The first-order chi connectivity index (χ1) is 8.78. The van der Waals surface area contributed by atoms with Gasteiger partial charge in [-0.05, 0) is 36.5 Å². The van der Waals surface area contributed by atoms with Gasteiger partial charge < -0.3 is 9.53 Å². The summed E-state index contributed by atoms with van der Waals surface area (Å²) in [5.74, 6) is 1.61. The molecule has 1 saturated heterocycles. The van der Waals surface area contributed by atoms with Crippen molar-refractivity contribution < 1.29 is 9.53 Å². The molecule has 2 atom stereocenters. The second kappa shape index (κ2) is 4.73. The summed E-state index contributed by atoms with van der Waals surface area (Å²) in [7, 11) is 0. The second-order valence-corrected chi connectivity index (χ2v) is 5.37. The second-order valence-electron chi connectivity index (χ2n) is 5.37. The van der Waals surface area contributed by atoms with E-state index in [1.54, 1.807) is 0 Å². The molecule has 96 valence electrons. The summed E-state index contributed by atoms with van der Waals surface area (Å²) in [4.78, 5) is 12.9. The van der Waals surface area contributed by atoms with Crippen LogP contribution in [0.4, 0.5) is 0 Å². The van der Waals surface area contributed by atoms with Crippen molar-refractivity contribution in [1.82, 2.24) is 4.90 Å². The van der Waals surface area contributed by atoms with E-state index in [1.165, 1.54) is 11.1 Å². The molecule has 0 N–H and O–H groups in total. The van der Waals surface area contributed by atoms with Crippen LogP contribution in [0.3, 0.4) is 0 Å². The third-order valence-corrected chi connectivity index (χ3v) is 4.20. The number of carbonyl (C=O) groups excluding carboxylic acids is 1. The molecule has 1 fully saturated rings. The number of benzene rings is 1. The average Bonchev–Trinajstić information content (AvgIpc) is 2.96. The van der Waals surface area contributed by atoms with Crippen LogP contribution in [0, 0.1) is 0 Å². The minimum atomic E-state index is 0.504. The lowest BCUT2D eigenvalue weighted by molar-refractivity contribution is -0.109. The van der Waals surface area contributed by atoms with Gasteiger partial charge in [-0.15, -0.1) is 0 Å². The SMILES string of the molecule is C[C@H]1C[C@@H](c2ccc3c(c2)CCO3)CN1CC=O. The van der Waals surface area contributed by atoms with Gasteiger partial charge in [0.25, 0.3) is 0 Å². The minimum Gasteiger partial charge on any atom is -0.493 e. The van der Waals surface area contributed by atoms with Crippen LogP contribution in [0.1, 0.15) is 30.4 Å². The summed E-state index contributed by atoms with van der Waals surface area (Å²) >= 11 is 0. The molecule has 0 amide bonds. The van der Waals surface area contributed by atoms with Gasteiger partial charge in [0.05, 0.1) is 13.2 Å². The van der Waals surface area contributed by atoms with E-state index in [0.717, 1.165) is 38.0 Å². The summed E-state index contributed by atoms with van der Waals surface area (Å²) < 4.78 is 5.54. The van der Waals surface area contributed by atoms with Crippen LogP contribution in [-0.2, 0) is 11.2 Å². The van der Waals surface area contributed by atoms with Crippen molar-refractivity contribution in [2.75, 3.05) is 19.7 Å². The van der Waals surface area contributed by atoms with Crippen molar-refractivity contribution in [2.45, 2.75) is 31.7 Å². The summed E-state index contributed by atoms with van der Waals surface area (Å²) in [6.07, 6.45) is 3.19. The maximum atomic E-state index is 10.6. The number of fused-ring (bicyclic) bond motifs is 1. The monoisotopic (exact) mass is 245 g/mol. The fourth-order valence-corrected chi connectivity index (χ4v) is 3.15. The predicted octanol–water partition coefficient (Wildman–Crippen LogP) is 2.00. The standard InChI is InChI=1S/C15H19NO2/c1-11-8-14(10-16(11)5-6-17)12-2-3-15-13(9-12)4-7-18-15/h2-3,6,9,11,14H,4-5,7-8,10H2,1H3/t11-,14+/m0/s1. The molecule has 2 aliphatic heterocycles. The van der Waals surface area contributed by atoms with Crippen LogP contribution in [0.5, 0.6) is 5.75 Å². The van der Waals surface area contributed by atoms with E-state index in [-0.39, 0.29) is 0 Å². The normalized spacial score (nSPS) is 26.9. The van der Waals surface area contributed by atoms with E-state index in [1.807, 2.05) is 0 Å². The molecule has 2 aliphatic rings. The van der Waals surface area contributed by atoms with Gasteiger partial charge in [-0.3, -0.25) is 4.90 Å². The zero-order valence-electron chi connectivity index (χ0n) is 10.8. The minimum absolute atomic E-state index is 0.504. The third kappa shape index (κ3) is 2.03. The Bertz CT molecular complexity index is 458. The number of hydrogen-bond donors (Lipinski definition) is 0. The Kier molecular flexibility index (Phi) is 3.08. The van der Waals surface area contributed by atoms with E-state index in [9.17, 15) is 4.79 Å². The Morgan fingerprint density at radius 2 is 2.39 bits per heavy atom.